The largest absolute Gasteiger partial charge is 0.383 e. The van der Waals surface area contributed by atoms with Gasteiger partial charge in [-0.25, -0.2) is 4.98 Å². The van der Waals surface area contributed by atoms with Gasteiger partial charge in [0, 0.05) is 37.9 Å². The molecule has 1 heterocycles. The van der Waals surface area contributed by atoms with Crippen LogP contribution < -0.4 is 0 Å². The maximum Gasteiger partial charge on any atom is 0.215 e. The van der Waals surface area contributed by atoms with Crippen molar-refractivity contribution in [3.05, 3.63) is 28.9 Å². The van der Waals surface area contributed by atoms with Crippen molar-refractivity contribution in [3.63, 3.8) is 0 Å². The molecular weight excluding hydrogens is 172 g/mol. The van der Waals surface area contributed by atoms with E-state index < -0.39 is 0 Å². The maximum atomic E-state index is 11.2. The smallest absolute Gasteiger partial charge is 0.215 e. The highest BCUT2D eigenvalue weighted by Crippen LogP contribution is 2.05. The molecule has 1 aromatic heterocycles. The van der Waals surface area contributed by atoms with Gasteiger partial charge in [0.05, 0.1) is 0 Å². The molecule has 3 nitrogen and oxygen atoms in total. The van der Waals surface area contributed by atoms with Gasteiger partial charge in [-0.05, 0) is 0 Å². The Morgan fingerprint density at radius 3 is 2.92 bits per heavy atom. The molecule has 0 radical (unpaired) electrons. The Morgan fingerprint density at radius 1 is 1.67 bits per heavy atom. The Balaban J connectivity index is 2.62. The van der Waals surface area contributed by atoms with E-state index in [9.17, 15) is 4.79 Å². The highest BCUT2D eigenvalue weighted by Gasteiger charge is 2.02. The summed E-state index contributed by atoms with van der Waals surface area (Å²) in [5.74, 6) is -0.0429. The predicted octanol–water partition coefficient (Wildman–Crippen LogP) is 1.40. The molecule has 0 spiro atoms. The molecule has 4 heteroatoms. The monoisotopic (exact) mass is 182 g/mol. The van der Waals surface area contributed by atoms with Crippen molar-refractivity contribution < 1.29 is 4.79 Å². The zero-order valence-electron chi connectivity index (χ0n) is 7.02. The Bertz CT molecular complexity index is 277. The number of allylic oxidation sites excluding steroid dienone is 1. The number of carbonyl (C=O) groups is 1. The predicted molar refractivity (Wildman–Crippen MR) is 49.3 cm³/mol. The van der Waals surface area contributed by atoms with Gasteiger partial charge in [-0.15, -0.1) is 11.3 Å². The van der Waals surface area contributed by atoms with Crippen LogP contribution in [0.25, 0.3) is 0 Å². The molecule has 1 aromatic rings. The summed E-state index contributed by atoms with van der Waals surface area (Å²) in [6.45, 7) is 0. The van der Waals surface area contributed by atoms with Crippen molar-refractivity contribution in [2.45, 2.75) is 0 Å². The third-order valence-electron chi connectivity index (χ3n) is 1.17. The first-order chi connectivity index (χ1) is 5.70. The summed E-state index contributed by atoms with van der Waals surface area (Å²) in [6, 6.07) is 0. The van der Waals surface area contributed by atoms with Gasteiger partial charge in [-0.2, -0.15) is 0 Å². The van der Waals surface area contributed by atoms with E-state index in [-0.39, 0.29) is 5.78 Å². The van der Waals surface area contributed by atoms with Crippen LogP contribution in [-0.2, 0) is 0 Å². The lowest BCUT2D eigenvalue weighted by Gasteiger charge is -2.01. The average Bonchev–Trinajstić information content (AvgIpc) is 2.51. The van der Waals surface area contributed by atoms with Crippen LogP contribution in [0.1, 0.15) is 9.80 Å². The summed E-state index contributed by atoms with van der Waals surface area (Å²) in [4.78, 5) is 16.9. The molecule has 0 aromatic carbocycles. The molecule has 0 aliphatic carbocycles. The van der Waals surface area contributed by atoms with Crippen molar-refractivity contribution in [3.8, 4) is 0 Å². The van der Waals surface area contributed by atoms with Crippen molar-refractivity contribution in [2.24, 2.45) is 0 Å². The Labute approximate surface area is 75.3 Å². The first kappa shape index (κ1) is 8.93. The number of nitrogens with zero attached hydrogens (tertiary/aromatic N) is 2. The van der Waals surface area contributed by atoms with Crippen LogP contribution in [0.5, 0.6) is 0 Å². The minimum atomic E-state index is -0.0429. The van der Waals surface area contributed by atoms with E-state index >= 15 is 0 Å². The van der Waals surface area contributed by atoms with Gasteiger partial charge in [0.25, 0.3) is 0 Å². The molecule has 0 unspecified atom stereocenters. The van der Waals surface area contributed by atoms with Gasteiger partial charge in [-0.1, -0.05) is 0 Å². The van der Waals surface area contributed by atoms with Crippen molar-refractivity contribution in [2.75, 3.05) is 14.1 Å². The normalized spacial score (nSPS) is 10.5. The molecule has 0 amide bonds. The summed E-state index contributed by atoms with van der Waals surface area (Å²) < 4.78 is 0. The number of rotatable bonds is 3. The third-order valence-corrected chi connectivity index (χ3v) is 1.95. The number of aromatic nitrogens is 1. The standard InChI is InChI=1S/C8H10N2OS/c1-10(2)5-3-7(11)8-9-4-6-12-8/h3-6H,1-2H3/b5-3+. The zero-order valence-corrected chi connectivity index (χ0v) is 7.84. The van der Waals surface area contributed by atoms with E-state index in [1.54, 1.807) is 17.8 Å². The van der Waals surface area contributed by atoms with Gasteiger partial charge in [-0.3, -0.25) is 4.79 Å². The fourth-order valence-electron chi connectivity index (χ4n) is 0.633. The topological polar surface area (TPSA) is 33.2 Å². The average molecular weight is 182 g/mol. The number of ketones is 1. The fourth-order valence-corrected chi connectivity index (χ4v) is 1.19. The molecule has 64 valence electrons. The highest BCUT2D eigenvalue weighted by molar-refractivity contribution is 7.11. The van der Waals surface area contributed by atoms with Crippen molar-refractivity contribution in [1.29, 1.82) is 0 Å². The Hall–Kier alpha value is -1.16. The molecule has 0 aliphatic heterocycles. The van der Waals surface area contributed by atoms with Gasteiger partial charge in [0.2, 0.25) is 5.78 Å². The first-order valence-corrected chi connectivity index (χ1v) is 4.36. The minimum Gasteiger partial charge on any atom is -0.383 e. The molecule has 0 fully saturated rings. The van der Waals surface area contributed by atoms with Crippen LogP contribution >= 0.6 is 11.3 Å². The molecular formula is C8H10N2OS. The number of thiazole rings is 1. The number of carbonyl (C=O) groups excluding carboxylic acids is 1. The van der Waals surface area contributed by atoms with Gasteiger partial charge in [0.1, 0.15) is 0 Å². The van der Waals surface area contributed by atoms with Crippen LogP contribution in [-0.4, -0.2) is 29.8 Å². The lowest BCUT2D eigenvalue weighted by atomic mass is 10.4. The summed E-state index contributed by atoms with van der Waals surface area (Å²) in [5.41, 5.74) is 0. The minimum absolute atomic E-state index is 0.0429. The second kappa shape index (κ2) is 4.01. The van der Waals surface area contributed by atoms with E-state index in [0.717, 1.165) is 0 Å². The van der Waals surface area contributed by atoms with E-state index in [1.165, 1.54) is 17.4 Å². The second-order valence-electron chi connectivity index (χ2n) is 2.48. The van der Waals surface area contributed by atoms with Gasteiger partial charge < -0.3 is 4.90 Å². The van der Waals surface area contributed by atoms with Crippen LogP contribution in [0.4, 0.5) is 0 Å². The number of hydrogen-bond acceptors (Lipinski definition) is 4. The summed E-state index contributed by atoms with van der Waals surface area (Å²) >= 11 is 1.35. The van der Waals surface area contributed by atoms with Gasteiger partial charge >= 0.3 is 0 Å². The zero-order chi connectivity index (χ0) is 8.97. The van der Waals surface area contributed by atoms with E-state index in [1.807, 2.05) is 19.0 Å². The fraction of sp³-hybridized carbons (Fsp3) is 0.250. The van der Waals surface area contributed by atoms with Crippen LogP contribution in [0.3, 0.4) is 0 Å². The first-order valence-electron chi connectivity index (χ1n) is 3.48. The molecule has 0 atom stereocenters. The SMILES string of the molecule is CN(C)/C=C/C(=O)c1nccs1. The second-order valence-corrected chi connectivity index (χ2v) is 3.38. The summed E-state index contributed by atoms with van der Waals surface area (Å²) in [6.07, 6.45) is 4.85. The van der Waals surface area contributed by atoms with E-state index in [2.05, 4.69) is 4.98 Å². The van der Waals surface area contributed by atoms with Crippen LogP contribution in [0.2, 0.25) is 0 Å². The molecule has 0 N–H and O–H groups in total. The highest BCUT2D eigenvalue weighted by atomic mass is 32.1. The molecule has 0 saturated carbocycles. The van der Waals surface area contributed by atoms with E-state index in [4.69, 9.17) is 0 Å². The van der Waals surface area contributed by atoms with Crippen molar-refractivity contribution in [1.82, 2.24) is 9.88 Å². The van der Waals surface area contributed by atoms with Gasteiger partial charge in [0.15, 0.2) is 5.01 Å². The van der Waals surface area contributed by atoms with Crippen molar-refractivity contribution >= 4 is 17.1 Å². The van der Waals surface area contributed by atoms with Crippen LogP contribution in [0, 0.1) is 0 Å². The third kappa shape index (κ3) is 2.47. The summed E-state index contributed by atoms with van der Waals surface area (Å²) in [7, 11) is 3.73. The lowest BCUT2D eigenvalue weighted by Crippen LogP contribution is -2.02. The molecule has 0 aliphatic rings. The molecule has 0 saturated heterocycles. The lowest BCUT2D eigenvalue weighted by molar-refractivity contribution is 0.104. The summed E-state index contributed by atoms with van der Waals surface area (Å²) in [5, 5.41) is 2.32. The molecule has 0 bridgehead atoms. The van der Waals surface area contributed by atoms with E-state index in [0.29, 0.717) is 5.01 Å². The Kier molecular flexibility index (Phi) is 2.99. The van der Waals surface area contributed by atoms with Crippen LogP contribution in [0.15, 0.2) is 23.9 Å². The number of hydrogen-bond donors (Lipinski definition) is 0. The quantitative estimate of drug-likeness (QED) is 0.523. The maximum absolute atomic E-state index is 11.2. The molecule has 1 rings (SSSR count). The Morgan fingerprint density at radius 2 is 2.42 bits per heavy atom. The molecule has 12 heavy (non-hydrogen) atoms.